The second-order valence-corrected chi connectivity index (χ2v) is 5.68. The van der Waals surface area contributed by atoms with Crippen LogP contribution in [0.4, 0.5) is 4.79 Å². The fourth-order valence-corrected chi connectivity index (χ4v) is 2.33. The number of unbranched alkanes of at least 4 members (excludes halogenated alkanes) is 7. The molecule has 0 aromatic heterocycles. The molecule has 4 nitrogen and oxygen atoms in total. The third-order valence-electron chi connectivity index (χ3n) is 3.67. The van der Waals surface area contributed by atoms with E-state index in [1.54, 1.807) is 6.20 Å². The van der Waals surface area contributed by atoms with E-state index in [1.165, 1.54) is 32.1 Å². The van der Waals surface area contributed by atoms with Gasteiger partial charge < -0.3 is 15.8 Å². The van der Waals surface area contributed by atoms with Crippen LogP contribution < -0.4 is 11.1 Å². The van der Waals surface area contributed by atoms with Crippen LogP contribution in [0.15, 0.2) is 42.6 Å². The summed E-state index contributed by atoms with van der Waals surface area (Å²) < 4.78 is 5.16. The Morgan fingerprint density at radius 2 is 1.65 bits per heavy atom. The van der Waals surface area contributed by atoms with Crippen molar-refractivity contribution in [3.8, 4) is 0 Å². The predicted octanol–water partition coefficient (Wildman–Crippen LogP) is 4.51. The highest BCUT2D eigenvalue weighted by atomic mass is 16.5. The number of nitrogens with two attached hydrogens (primary N) is 1. The van der Waals surface area contributed by atoms with Gasteiger partial charge in [0.15, 0.2) is 0 Å². The van der Waals surface area contributed by atoms with E-state index in [2.05, 4.69) is 5.32 Å². The topological polar surface area (TPSA) is 64.3 Å². The standard InChI is InChI=1S/C19H30N2O2/c20-15-11-6-4-2-1-3-5-7-12-16-21-19(22)23-17-18-13-9-8-10-14-18/h8-11,13-15H,1-7,12,16-17,20H2,(H,21,22)/b15-11+. The molecule has 128 valence electrons. The first-order valence-corrected chi connectivity index (χ1v) is 8.64. The van der Waals surface area contributed by atoms with Gasteiger partial charge in [0, 0.05) is 6.54 Å². The minimum atomic E-state index is -0.332. The molecule has 0 spiro atoms. The average molecular weight is 318 g/mol. The molecule has 1 aromatic carbocycles. The fraction of sp³-hybridized carbons (Fsp3) is 0.526. The number of hydrogen-bond acceptors (Lipinski definition) is 3. The number of benzene rings is 1. The van der Waals surface area contributed by atoms with Crippen LogP contribution in [0, 0.1) is 0 Å². The predicted molar refractivity (Wildman–Crippen MR) is 94.9 cm³/mol. The third-order valence-corrected chi connectivity index (χ3v) is 3.67. The molecule has 0 radical (unpaired) electrons. The minimum absolute atomic E-state index is 0.325. The van der Waals surface area contributed by atoms with Crippen molar-refractivity contribution in [1.29, 1.82) is 0 Å². The number of amides is 1. The molecule has 23 heavy (non-hydrogen) atoms. The van der Waals surface area contributed by atoms with Crippen LogP contribution in [-0.4, -0.2) is 12.6 Å². The second kappa shape index (κ2) is 13.7. The SMILES string of the molecule is N/C=C/CCCCCCCCCNC(=O)OCc1ccccc1. The Morgan fingerprint density at radius 3 is 2.35 bits per heavy atom. The summed E-state index contributed by atoms with van der Waals surface area (Å²) in [7, 11) is 0. The number of ether oxygens (including phenoxy) is 1. The van der Waals surface area contributed by atoms with Gasteiger partial charge in [0.05, 0.1) is 0 Å². The van der Waals surface area contributed by atoms with E-state index in [9.17, 15) is 4.79 Å². The van der Waals surface area contributed by atoms with Crippen LogP contribution in [0.3, 0.4) is 0 Å². The summed E-state index contributed by atoms with van der Waals surface area (Å²) in [4.78, 5) is 11.5. The maximum atomic E-state index is 11.5. The highest BCUT2D eigenvalue weighted by molar-refractivity contribution is 5.67. The Kier molecular flexibility index (Phi) is 11.3. The molecular weight excluding hydrogens is 288 g/mol. The van der Waals surface area contributed by atoms with E-state index in [0.29, 0.717) is 13.2 Å². The summed E-state index contributed by atoms with van der Waals surface area (Å²) in [6.45, 7) is 1.01. The quantitative estimate of drug-likeness (QED) is 0.557. The van der Waals surface area contributed by atoms with Crippen molar-refractivity contribution in [2.24, 2.45) is 5.73 Å². The van der Waals surface area contributed by atoms with Gasteiger partial charge in [-0.15, -0.1) is 0 Å². The number of hydrogen-bond donors (Lipinski definition) is 2. The molecule has 3 N–H and O–H groups in total. The van der Waals surface area contributed by atoms with Gasteiger partial charge in [0.1, 0.15) is 6.61 Å². The van der Waals surface area contributed by atoms with Gasteiger partial charge in [-0.3, -0.25) is 0 Å². The van der Waals surface area contributed by atoms with Crippen molar-refractivity contribution in [2.75, 3.05) is 6.54 Å². The second-order valence-electron chi connectivity index (χ2n) is 5.68. The summed E-state index contributed by atoms with van der Waals surface area (Å²) in [6.07, 6.45) is 12.8. The molecule has 0 bridgehead atoms. The van der Waals surface area contributed by atoms with Gasteiger partial charge in [0.2, 0.25) is 0 Å². The van der Waals surface area contributed by atoms with Crippen molar-refractivity contribution in [1.82, 2.24) is 5.32 Å². The minimum Gasteiger partial charge on any atom is -0.445 e. The molecule has 0 aliphatic heterocycles. The van der Waals surface area contributed by atoms with Crippen molar-refractivity contribution in [2.45, 2.75) is 58.0 Å². The van der Waals surface area contributed by atoms with Crippen LogP contribution in [0.25, 0.3) is 0 Å². The van der Waals surface area contributed by atoms with Crippen molar-refractivity contribution in [3.63, 3.8) is 0 Å². The molecule has 1 rings (SSSR count). The number of alkyl carbamates (subject to hydrolysis) is 1. The Balaban J connectivity index is 1.86. The zero-order chi connectivity index (χ0) is 16.6. The number of carbonyl (C=O) groups is 1. The van der Waals surface area contributed by atoms with Gasteiger partial charge in [0.25, 0.3) is 0 Å². The Bertz CT molecular complexity index is 432. The first-order valence-electron chi connectivity index (χ1n) is 8.64. The zero-order valence-corrected chi connectivity index (χ0v) is 14.0. The Hall–Kier alpha value is -1.97. The number of allylic oxidation sites excluding steroid dienone is 1. The molecule has 0 unspecified atom stereocenters. The first-order chi connectivity index (χ1) is 11.3. The summed E-state index contributed by atoms with van der Waals surface area (Å²) >= 11 is 0. The largest absolute Gasteiger partial charge is 0.445 e. The summed E-state index contributed by atoms with van der Waals surface area (Å²) in [6, 6.07) is 9.71. The van der Waals surface area contributed by atoms with Gasteiger partial charge in [-0.2, -0.15) is 0 Å². The average Bonchev–Trinajstić information content (AvgIpc) is 2.59. The molecule has 1 amide bonds. The van der Waals surface area contributed by atoms with E-state index < -0.39 is 0 Å². The normalized spacial score (nSPS) is 10.8. The van der Waals surface area contributed by atoms with Gasteiger partial charge in [-0.1, -0.05) is 68.5 Å². The molecule has 0 saturated heterocycles. The molecule has 0 aliphatic carbocycles. The molecule has 0 saturated carbocycles. The summed E-state index contributed by atoms with van der Waals surface area (Å²) in [5.41, 5.74) is 6.29. The lowest BCUT2D eigenvalue weighted by Gasteiger charge is -2.07. The maximum absolute atomic E-state index is 11.5. The number of carbonyl (C=O) groups excluding carboxylic acids is 1. The molecule has 0 atom stereocenters. The highest BCUT2D eigenvalue weighted by Gasteiger charge is 2.01. The summed E-state index contributed by atoms with van der Waals surface area (Å²) in [5, 5.41) is 2.80. The number of nitrogens with one attached hydrogen (secondary N) is 1. The van der Waals surface area contributed by atoms with Crippen LogP contribution in [0.2, 0.25) is 0 Å². The van der Waals surface area contributed by atoms with E-state index in [1.807, 2.05) is 36.4 Å². The van der Waals surface area contributed by atoms with Crippen LogP contribution in [0.5, 0.6) is 0 Å². The molecule has 1 aromatic rings. The monoisotopic (exact) mass is 318 g/mol. The highest BCUT2D eigenvalue weighted by Crippen LogP contribution is 2.08. The number of rotatable bonds is 12. The molecular formula is C19H30N2O2. The summed E-state index contributed by atoms with van der Waals surface area (Å²) in [5.74, 6) is 0. The van der Waals surface area contributed by atoms with Crippen molar-refractivity contribution >= 4 is 6.09 Å². The maximum Gasteiger partial charge on any atom is 0.407 e. The van der Waals surface area contributed by atoms with Crippen molar-refractivity contribution < 1.29 is 9.53 Å². The lowest BCUT2D eigenvalue weighted by atomic mass is 10.1. The fourth-order valence-electron chi connectivity index (χ4n) is 2.33. The van der Waals surface area contributed by atoms with E-state index >= 15 is 0 Å². The lowest BCUT2D eigenvalue weighted by Crippen LogP contribution is -2.25. The van der Waals surface area contributed by atoms with Crippen LogP contribution in [0.1, 0.15) is 56.9 Å². The Labute approximate surface area is 140 Å². The smallest absolute Gasteiger partial charge is 0.407 e. The third kappa shape index (κ3) is 11.3. The zero-order valence-electron chi connectivity index (χ0n) is 14.0. The van der Waals surface area contributed by atoms with E-state index in [0.717, 1.165) is 24.8 Å². The molecule has 4 heteroatoms. The van der Waals surface area contributed by atoms with Crippen LogP contribution >= 0.6 is 0 Å². The molecule has 0 heterocycles. The van der Waals surface area contributed by atoms with Crippen molar-refractivity contribution in [3.05, 3.63) is 48.2 Å². The van der Waals surface area contributed by atoms with Crippen LogP contribution in [-0.2, 0) is 11.3 Å². The van der Waals surface area contributed by atoms with E-state index in [4.69, 9.17) is 10.5 Å². The molecule has 0 fully saturated rings. The van der Waals surface area contributed by atoms with Gasteiger partial charge >= 0.3 is 6.09 Å². The first kappa shape index (κ1) is 19.1. The Morgan fingerprint density at radius 1 is 1.00 bits per heavy atom. The molecule has 0 aliphatic rings. The van der Waals surface area contributed by atoms with E-state index in [-0.39, 0.29) is 6.09 Å². The van der Waals surface area contributed by atoms with Gasteiger partial charge in [-0.25, -0.2) is 4.79 Å². The van der Waals surface area contributed by atoms with Gasteiger partial charge in [-0.05, 0) is 31.0 Å². The lowest BCUT2D eigenvalue weighted by molar-refractivity contribution is 0.139.